The Balaban J connectivity index is 0.000000327. The fourth-order valence-corrected chi connectivity index (χ4v) is 5.06. The van der Waals surface area contributed by atoms with Crippen molar-refractivity contribution in [2.75, 3.05) is 7.05 Å². The van der Waals surface area contributed by atoms with Crippen LogP contribution in [0.3, 0.4) is 0 Å². The molecule has 5 heteroatoms. The maximum atomic E-state index is 6.05. The molecule has 4 rings (SSSR count). The van der Waals surface area contributed by atoms with Gasteiger partial charge in [0.05, 0.1) is 23.3 Å². The first kappa shape index (κ1) is 31.1. The number of nitrogens with zero attached hydrogens (tertiary/aromatic N) is 4. The summed E-state index contributed by atoms with van der Waals surface area (Å²) in [5, 5.41) is 11.9. The number of allylic oxidation sites excluding steroid dienone is 7. The zero-order valence-corrected chi connectivity index (χ0v) is 25.6. The molecule has 38 heavy (non-hydrogen) atoms. The zero-order valence-electron chi connectivity index (χ0n) is 24.8. The van der Waals surface area contributed by atoms with Gasteiger partial charge in [-0.3, -0.25) is 5.01 Å². The van der Waals surface area contributed by atoms with E-state index >= 15 is 0 Å². The topological polar surface area (TPSA) is 33.4 Å². The van der Waals surface area contributed by atoms with Gasteiger partial charge in [-0.05, 0) is 86.8 Å². The molecule has 2 aliphatic rings. The molecule has 0 N–H and O–H groups in total. The minimum Gasteiger partial charge on any atom is -0.268 e. The van der Waals surface area contributed by atoms with E-state index in [2.05, 4.69) is 87.5 Å². The molecular weight excluding hydrogens is 488 g/mol. The van der Waals surface area contributed by atoms with Crippen LogP contribution in [0.2, 0.25) is 0 Å². The average molecular weight is 533 g/mol. The summed E-state index contributed by atoms with van der Waals surface area (Å²) in [5.74, 6) is 0.651. The van der Waals surface area contributed by atoms with Gasteiger partial charge in [0, 0.05) is 23.3 Å². The molecule has 0 saturated carbocycles. The lowest BCUT2D eigenvalue weighted by Crippen LogP contribution is -2.20. The Labute approximate surface area is 235 Å². The zero-order chi connectivity index (χ0) is 28.6. The summed E-state index contributed by atoms with van der Waals surface area (Å²) in [7, 11) is 1.92. The van der Waals surface area contributed by atoms with Gasteiger partial charge >= 0.3 is 0 Å². The predicted octanol–water partition coefficient (Wildman–Crippen LogP) is 9.33. The second kappa shape index (κ2) is 14.2. The second-order valence-corrected chi connectivity index (χ2v) is 10.6. The lowest BCUT2D eigenvalue weighted by atomic mass is 9.94. The second-order valence-electron chi connectivity index (χ2n) is 10.1. The molecule has 1 aliphatic carbocycles. The van der Waals surface area contributed by atoms with E-state index in [4.69, 9.17) is 11.6 Å². The number of hydrogen-bond acceptors (Lipinski definition) is 3. The van der Waals surface area contributed by atoms with Crippen molar-refractivity contribution in [1.82, 2.24) is 14.8 Å². The Morgan fingerprint density at radius 1 is 1.11 bits per heavy atom. The monoisotopic (exact) mass is 532 g/mol. The van der Waals surface area contributed by atoms with Crippen LogP contribution in [0.4, 0.5) is 0 Å². The molecule has 0 amide bonds. The third-order valence-electron chi connectivity index (χ3n) is 6.32. The Hall–Kier alpha value is -3.11. The van der Waals surface area contributed by atoms with E-state index in [0.717, 1.165) is 69.4 Å². The van der Waals surface area contributed by atoms with Gasteiger partial charge in [-0.1, -0.05) is 82.8 Å². The van der Waals surface area contributed by atoms with Crippen molar-refractivity contribution in [3.8, 4) is 0 Å². The maximum Gasteiger partial charge on any atom is 0.0949 e. The minimum atomic E-state index is 0.651. The van der Waals surface area contributed by atoms with Crippen molar-refractivity contribution in [1.29, 1.82) is 0 Å². The highest BCUT2D eigenvalue weighted by atomic mass is 35.5. The molecule has 0 saturated heterocycles. The Bertz CT molecular complexity index is 1270. The van der Waals surface area contributed by atoms with Gasteiger partial charge < -0.3 is 0 Å². The molecule has 0 unspecified atom stereocenters. The van der Waals surface area contributed by atoms with Crippen LogP contribution >= 0.6 is 11.6 Å². The van der Waals surface area contributed by atoms with E-state index in [0.29, 0.717) is 5.92 Å². The summed E-state index contributed by atoms with van der Waals surface area (Å²) < 4.78 is 1.95. The smallest absolute Gasteiger partial charge is 0.0949 e. The van der Waals surface area contributed by atoms with E-state index in [1.807, 2.05) is 50.6 Å². The molecule has 0 spiro atoms. The molecule has 0 radical (unpaired) electrons. The van der Waals surface area contributed by atoms with Crippen LogP contribution in [0.5, 0.6) is 0 Å². The summed E-state index contributed by atoms with van der Waals surface area (Å²) in [6.07, 6.45) is 7.22. The van der Waals surface area contributed by atoms with Crippen LogP contribution < -0.4 is 0 Å². The Morgan fingerprint density at radius 2 is 1.74 bits per heavy atom. The predicted molar refractivity (Wildman–Crippen MR) is 167 cm³/mol. The van der Waals surface area contributed by atoms with Crippen LogP contribution in [0.15, 0.2) is 82.1 Å². The van der Waals surface area contributed by atoms with Crippen LogP contribution in [0.1, 0.15) is 76.9 Å². The van der Waals surface area contributed by atoms with Gasteiger partial charge in [0.1, 0.15) is 0 Å². The standard InChI is InChI=1S/C21H26N4.C10H13Cl.C2H6/c1-14(2)11-18-7-9-19(10-8-18)21-17(5)24(6)22-13-20(21)25-16(4)12-15(3)23-25;1-7(2)10-8(3)5-4-6-9(10)11;1-2/h7-10,12-14H,5,11H2,1-4,6H3;5H,1,4,6H2,2-3H3;1-2H3. The van der Waals surface area contributed by atoms with Crippen molar-refractivity contribution in [3.63, 3.8) is 0 Å². The van der Waals surface area contributed by atoms with Crippen LogP contribution in [-0.4, -0.2) is 28.1 Å². The van der Waals surface area contributed by atoms with E-state index in [9.17, 15) is 0 Å². The fourth-order valence-electron chi connectivity index (χ4n) is 4.64. The number of halogens is 1. The minimum absolute atomic E-state index is 0.651. The van der Waals surface area contributed by atoms with Gasteiger partial charge in [-0.25, -0.2) is 4.68 Å². The number of rotatable bonds is 5. The van der Waals surface area contributed by atoms with Crippen molar-refractivity contribution >= 4 is 29.1 Å². The van der Waals surface area contributed by atoms with Crippen molar-refractivity contribution in [2.45, 2.75) is 74.7 Å². The quantitative estimate of drug-likeness (QED) is 0.384. The van der Waals surface area contributed by atoms with Crippen LogP contribution in [0, 0.1) is 19.8 Å². The number of aryl methyl sites for hydroxylation is 2. The third kappa shape index (κ3) is 7.70. The lowest BCUT2D eigenvalue weighted by Gasteiger charge is -2.26. The summed E-state index contributed by atoms with van der Waals surface area (Å²) in [4.78, 5) is 0. The number of hydrazone groups is 1. The molecule has 1 aromatic carbocycles. The highest BCUT2D eigenvalue weighted by molar-refractivity contribution is 6.30. The van der Waals surface area contributed by atoms with E-state index in [-0.39, 0.29) is 0 Å². The highest BCUT2D eigenvalue weighted by Crippen LogP contribution is 2.33. The van der Waals surface area contributed by atoms with Gasteiger partial charge in [0.25, 0.3) is 0 Å². The van der Waals surface area contributed by atoms with Gasteiger partial charge in [-0.2, -0.15) is 10.2 Å². The largest absolute Gasteiger partial charge is 0.268 e. The Kier molecular flexibility index (Phi) is 11.6. The van der Waals surface area contributed by atoms with Crippen molar-refractivity contribution < 1.29 is 0 Å². The first-order valence-electron chi connectivity index (χ1n) is 13.6. The normalized spacial score (nSPS) is 15.2. The highest BCUT2D eigenvalue weighted by Gasteiger charge is 2.22. The van der Waals surface area contributed by atoms with Crippen molar-refractivity contribution in [3.05, 3.63) is 99.5 Å². The number of likely N-dealkylation sites (N-methyl/N-ethyl adjacent to an activating group) is 1. The first-order chi connectivity index (χ1) is 18.0. The fraction of sp³-hybridized carbons (Fsp3) is 0.394. The van der Waals surface area contributed by atoms with Gasteiger partial charge in [0.2, 0.25) is 0 Å². The van der Waals surface area contributed by atoms with Gasteiger partial charge in [0.15, 0.2) is 0 Å². The maximum absolute atomic E-state index is 6.05. The average Bonchev–Trinajstić information content (AvgIpc) is 3.20. The molecule has 1 aromatic heterocycles. The Morgan fingerprint density at radius 3 is 2.21 bits per heavy atom. The van der Waals surface area contributed by atoms with Gasteiger partial charge in [-0.15, -0.1) is 0 Å². The summed E-state index contributed by atoms with van der Waals surface area (Å²) in [6, 6.07) is 10.8. The molecular formula is C33H45ClN4. The first-order valence-corrected chi connectivity index (χ1v) is 13.9. The van der Waals surface area contributed by atoms with E-state index in [1.165, 1.54) is 11.1 Å². The molecule has 2 aromatic rings. The number of benzene rings is 1. The van der Waals surface area contributed by atoms with Crippen molar-refractivity contribution in [2.24, 2.45) is 11.0 Å². The molecule has 0 fully saturated rings. The molecule has 1 aliphatic heterocycles. The van der Waals surface area contributed by atoms with E-state index in [1.54, 1.807) is 0 Å². The molecule has 4 nitrogen and oxygen atoms in total. The summed E-state index contributed by atoms with van der Waals surface area (Å²) in [6.45, 7) is 24.8. The molecule has 0 atom stereocenters. The summed E-state index contributed by atoms with van der Waals surface area (Å²) in [5.41, 5.74) is 11.0. The molecule has 204 valence electrons. The molecule has 2 heterocycles. The third-order valence-corrected chi connectivity index (χ3v) is 6.70. The number of hydrogen-bond donors (Lipinski definition) is 0. The SMILES string of the molecule is C=C(C)C1=C(Cl)CCC=C1C.C=C1C(c2ccc(CC(C)C)cc2)=C(n2nc(C)cc2C)C=NN1C.CC. The summed E-state index contributed by atoms with van der Waals surface area (Å²) >= 11 is 6.05. The van der Waals surface area contributed by atoms with Crippen LogP contribution in [-0.2, 0) is 6.42 Å². The van der Waals surface area contributed by atoms with E-state index < -0.39 is 0 Å². The molecule has 0 bridgehead atoms. The van der Waals surface area contributed by atoms with Crippen LogP contribution in [0.25, 0.3) is 11.3 Å². The lowest BCUT2D eigenvalue weighted by molar-refractivity contribution is 0.466. The number of aromatic nitrogens is 2.